The van der Waals surface area contributed by atoms with Crippen LogP contribution < -0.4 is 20.4 Å². The molecule has 2 N–H and O–H groups in total. The van der Waals surface area contributed by atoms with Gasteiger partial charge in [0.2, 0.25) is 5.95 Å². The highest BCUT2D eigenvalue weighted by atomic mass is 32.1. The first-order chi connectivity index (χ1) is 20.6. The van der Waals surface area contributed by atoms with Crippen LogP contribution in [0.1, 0.15) is 22.5 Å². The number of hydrogen-bond acceptors (Lipinski definition) is 10. The Kier molecular flexibility index (Phi) is 7.27. The van der Waals surface area contributed by atoms with Crippen molar-refractivity contribution < 1.29 is 4.79 Å². The standard InChI is InChI=1S/C31H33N9OS/c1-38-15-17-39(18-16-38)24-10-8-22(9-11-24)34-29-27-28(33-13-12-32-27)36-31(37-29)40-14-4-6-23(20-40)35-30(41)26-19-21-5-2-3-7-25(21)42-26/h2-3,5,7-13,19,23H,4,6,14-18,20H2,1H3,(H,35,41)(H,33,34,36,37). The molecule has 1 amide bonds. The molecule has 10 nitrogen and oxygen atoms in total. The summed E-state index contributed by atoms with van der Waals surface area (Å²) in [5.74, 6) is 1.17. The SMILES string of the molecule is CN1CCN(c2ccc(Nc3nc(N4CCCC(NC(=O)c5cc6ccccc6s5)C4)nc4nccnc34)cc2)CC1. The van der Waals surface area contributed by atoms with Crippen molar-refractivity contribution in [2.45, 2.75) is 18.9 Å². The van der Waals surface area contributed by atoms with Crippen molar-refractivity contribution in [2.24, 2.45) is 0 Å². The highest BCUT2D eigenvalue weighted by molar-refractivity contribution is 7.20. The lowest BCUT2D eigenvalue weighted by Crippen LogP contribution is -2.48. The lowest BCUT2D eigenvalue weighted by Gasteiger charge is -2.34. The topological polar surface area (TPSA) is 102 Å². The van der Waals surface area contributed by atoms with Crippen molar-refractivity contribution in [3.8, 4) is 0 Å². The van der Waals surface area contributed by atoms with Gasteiger partial charge in [-0.15, -0.1) is 11.3 Å². The molecule has 3 aromatic heterocycles. The molecule has 0 saturated carbocycles. The van der Waals surface area contributed by atoms with Gasteiger partial charge in [-0.3, -0.25) is 4.79 Å². The second kappa shape index (κ2) is 11.5. The number of thiophene rings is 1. The van der Waals surface area contributed by atoms with E-state index in [0.717, 1.165) is 66.2 Å². The van der Waals surface area contributed by atoms with Crippen molar-refractivity contribution in [1.82, 2.24) is 30.2 Å². The Morgan fingerprint density at radius 2 is 1.74 bits per heavy atom. The summed E-state index contributed by atoms with van der Waals surface area (Å²) >= 11 is 1.53. The largest absolute Gasteiger partial charge is 0.369 e. The molecule has 5 heterocycles. The Labute approximate surface area is 248 Å². The number of fused-ring (bicyclic) bond motifs is 2. The van der Waals surface area contributed by atoms with Crippen LogP contribution in [0.5, 0.6) is 0 Å². The first-order valence-electron chi connectivity index (χ1n) is 14.4. The maximum absolute atomic E-state index is 13.1. The van der Waals surface area contributed by atoms with Crippen LogP contribution in [0, 0.1) is 0 Å². The van der Waals surface area contributed by atoms with Crippen LogP contribution in [-0.2, 0) is 0 Å². The maximum atomic E-state index is 13.1. The van der Waals surface area contributed by atoms with Crippen LogP contribution in [0.3, 0.4) is 0 Å². The van der Waals surface area contributed by atoms with Gasteiger partial charge in [-0.25, -0.2) is 9.97 Å². The Morgan fingerprint density at radius 3 is 2.57 bits per heavy atom. The summed E-state index contributed by atoms with van der Waals surface area (Å²) in [6.45, 7) is 5.63. The van der Waals surface area contributed by atoms with E-state index in [1.807, 2.05) is 30.3 Å². The number of carbonyl (C=O) groups excluding carboxylic acids is 1. The average molecular weight is 580 g/mol. The van der Waals surface area contributed by atoms with Crippen molar-refractivity contribution in [3.63, 3.8) is 0 Å². The summed E-state index contributed by atoms with van der Waals surface area (Å²) in [6, 6.07) is 18.5. The molecular formula is C31H33N9OS. The highest BCUT2D eigenvalue weighted by Crippen LogP contribution is 2.28. The second-order valence-electron chi connectivity index (χ2n) is 11.0. The van der Waals surface area contributed by atoms with Crippen LogP contribution in [-0.4, -0.2) is 83.1 Å². The van der Waals surface area contributed by atoms with Gasteiger partial charge in [-0.1, -0.05) is 18.2 Å². The van der Waals surface area contributed by atoms with E-state index in [2.05, 4.69) is 66.6 Å². The molecule has 5 aromatic rings. The zero-order valence-electron chi connectivity index (χ0n) is 23.5. The number of amides is 1. The molecule has 0 aliphatic carbocycles. The van der Waals surface area contributed by atoms with Gasteiger partial charge in [0, 0.05) is 73.8 Å². The molecule has 7 rings (SSSR count). The van der Waals surface area contributed by atoms with E-state index in [-0.39, 0.29) is 11.9 Å². The fourth-order valence-electron chi connectivity index (χ4n) is 5.66. The molecule has 0 bridgehead atoms. The first kappa shape index (κ1) is 26.5. The fraction of sp³-hybridized carbons (Fsp3) is 0.323. The molecule has 0 radical (unpaired) electrons. The number of piperazine rings is 1. The van der Waals surface area contributed by atoms with E-state index in [0.29, 0.717) is 29.5 Å². The van der Waals surface area contributed by atoms with Gasteiger partial charge in [0.05, 0.1) is 4.88 Å². The minimum absolute atomic E-state index is 0.00357. The van der Waals surface area contributed by atoms with Gasteiger partial charge in [0.1, 0.15) is 0 Å². The van der Waals surface area contributed by atoms with Gasteiger partial charge in [0.25, 0.3) is 5.91 Å². The number of rotatable bonds is 6. The van der Waals surface area contributed by atoms with E-state index >= 15 is 0 Å². The second-order valence-corrected chi connectivity index (χ2v) is 12.1. The van der Waals surface area contributed by atoms with Gasteiger partial charge in [-0.2, -0.15) is 9.97 Å². The molecular weight excluding hydrogens is 546 g/mol. The normalized spacial score (nSPS) is 18.0. The number of nitrogens with zero attached hydrogens (tertiary/aromatic N) is 7. The molecule has 1 unspecified atom stereocenters. The summed E-state index contributed by atoms with van der Waals surface area (Å²) in [5, 5.41) is 7.81. The van der Waals surface area contributed by atoms with E-state index < -0.39 is 0 Å². The molecule has 42 heavy (non-hydrogen) atoms. The van der Waals surface area contributed by atoms with Crippen molar-refractivity contribution in [2.75, 3.05) is 61.4 Å². The molecule has 2 saturated heterocycles. The van der Waals surface area contributed by atoms with Crippen LogP contribution in [0.2, 0.25) is 0 Å². The molecule has 11 heteroatoms. The highest BCUT2D eigenvalue weighted by Gasteiger charge is 2.25. The Hall–Kier alpha value is -4.35. The first-order valence-corrected chi connectivity index (χ1v) is 15.2. The minimum atomic E-state index is -0.0317. The molecule has 2 aliphatic heterocycles. The lowest BCUT2D eigenvalue weighted by molar-refractivity contribution is 0.0937. The van der Waals surface area contributed by atoms with Gasteiger partial charge >= 0.3 is 0 Å². The third kappa shape index (κ3) is 5.57. The number of benzene rings is 2. The monoisotopic (exact) mass is 579 g/mol. The molecule has 2 aromatic carbocycles. The zero-order chi connectivity index (χ0) is 28.5. The Bertz CT molecular complexity index is 1680. The zero-order valence-corrected chi connectivity index (χ0v) is 24.3. The number of hydrogen-bond donors (Lipinski definition) is 2. The number of nitrogens with one attached hydrogen (secondary N) is 2. The van der Waals surface area contributed by atoms with Crippen LogP contribution >= 0.6 is 11.3 Å². The fourth-order valence-corrected chi connectivity index (χ4v) is 6.63. The minimum Gasteiger partial charge on any atom is -0.369 e. The van der Waals surface area contributed by atoms with Crippen LogP contribution in [0.15, 0.2) is 67.0 Å². The number of anilines is 4. The van der Waals surface area contributed by atoms with Crippen LogP contribution in [0.4, 0.5) is 23.1 Å². The quantitative estimate of drug-likeness (QED) is 0.300. The van der Waals surface area contributed by atoms with Gasteiger partial charge in [-0.05, 0) is 61.7 Å². The Balaban J connectivity index is 1.08. The number of carbonyl (C=O) groups is 1. The summed E-state index contributed by atoms with van der Waals surface area (Å²) in [4.78, 5) is 39.5. The summed E-state index contributed by atoms with van der Waals surface area (Å²) < 4.78 is 1.12. The molecule has 2 fully saturated rings. The number of aromatic nitrogens is 4. The number of piperidine rings is 1. The van der Waals surface area contributed by atoms with E-state index in [1.165, 1.54) is 17.0 Å². The van der Waals surface area contributed by atoms with Crippen molar-refractivity contribution >= 4 is 61.6 Å². The van der Waals surface area contributed by atoms with Gasteiger partial charge < -0.3 is 25.3 Å². The summed E-state index contributed by atoms with van der Waals surface area (Å²) in [6.07, 6.45) is 5.15. The van der Waals surface area contributed by atoms with Crippen LogP contribution in [0.25, 0.3) is 21.3 Å². The Morgan fingerprint density at radius 1 is 0.929 bits per heavy atom. The number of likely N-dealkylation sites (N-methyl/N-ethyl adjacent to an activating group) is 1. The summed E-state index contributed by atoms with van der Waals surface area (Å²) in [5.41, 5.74) is 3.31. The summed E-state index contributed by atoms with van der Waals surface area (Å²) in [7, 11) is 2.17. The smallest absolute Gasteiger partial charge is 0.261 e. The lowest BCUT2D eigenvalue weighted by atomic mass is 10.1. The maximum Gasteiger partial charge on any atom is 0.261 e. The van der Waals surface area contributed by atoms with E-state index in [4.69, 9.17) is 9.97 Å². The van der Waals surface area contributed by atoms with Crippen molar-refractivity contribution in [3.05, 3.63) is 71.9 Å². The predicted octanol–water partition coefficient (Wildman–Crippen LogP) is 4.53. The van der Waals surface area contributed by atoms with Crippen molar-refractivity contribution in [1.29, 1.82) is 0 Å². The average Bonchev–Trinajstić information content (AvgIpc) is 3.47. The molecule has 1 atom stereocenters. The van der Waals surface area contributed by atoms with Gasteiger partial charge in [0.15, 0.2) is 17.0 Å². The molecule has 214 valence electrons. The predicted molar refractivity (Wildman–Crippen MR) is 169 cm³/mol. The third-order valence-electron chi connectivity index (χ3n) is 8.01. The molecule has 0 spiro atoms. The van der Waals surface area contributed by atoms with E-state index in [1.54, 1.807) is 12.4 Å². The molecule has 2 aliphatic rings. The third-order valence-corrected chi connectivity index (χ3v) is 9.12. The van der Waals surface area contributed by atoms with E-state index in [9.17, 15) is 4.79 Å².